The second-order valence-corrected chi connectivity index (χ2v) is 10.0. The van der Waals surface area contributed by atoms with E-state index in [-0.39, 0.29) is 5.69 Å². The zero-order valence-corrected chi connectivity index (χ0v) is 21.4. The number of nitrogens with zero attached hydrogens (tertiary/aromatic N) is 3. The molecule has 10 heteroatoms. The van der Waals surface area contributed by atoms with Gasteiger partial charge in [-0.05, 0) is 50.7 Å². The van der Waals surface area contributed by atoms with E-state index in [4.69, 9.17) is 21.1 Å². The highest BCUT2D eigenvalue weighted by atomic mass is 35.5. The summed E-state index contributed by atoms with van der Waals surface area (Å²) in [6.45, 7) is 2.98. The quantitative estimate of drug-likeness (QED) is 0.310. The lowest BCUT2D eigenvalue weighted by atomic mass is 9.81. The van der Waals surface area contributed by atoms with Gasteiger partial charge in [0.25, 0.3) is 0 Å². The first-order valence-electron chi connectivity index (χ1n) is 12.5. The third-order valence-corrected chi connectivity index (χ3v) is 7.43. The number of anilines is 2. The molecule has 194 valence electrons. The summed E-state index contributed by atoms with van der Waals surface area (Å²) >= 11 is 6.48. The molecule has 0 aromatic carbocycles. The smallest absolute Gasteiger partial charge is 0.236 e. The number of halogens is 2. The van der Waals surface area contributed by atoms with Crippen molar-refractivity contribution in [3.63, 3.8) is 0 Å². The van der Waals surface area contributed by atoms with Crippen LogP contribution in [0.3, 0.4) is 0 Å². The predicted octanol–water partition coefficient (Wildman–Crippen LogP) is 4.63. The molecule has 0 atom stereocenters. The van der Waals surface area contributed by atoms with Gasteiger partial charge in [-0.1, -0.05) is 11.6 Å². The molecule has 4 rings (SSSR count). The molecule has 1 aliphatic heterocycles. The third-order valence-electron chi connectivity index (χ3n) is 7.13. The van der Waals surface area contributed by atoms with Crippen molar-refractivity contribution in [1.29, 1.82) is 5.26 Å². The molecule has 2 fully saturated rings. The fourth-order valence-electron chi connectivity index (χ4n) is 4.83. The van der Waals surface area contributed by atoms with Crippen molar-refractivity contribution in [2.24, 2.45) is 5.41 Å². The summed E-state index contributed by atoms with van der Waals surface area (Å²) in [5.41, 5.74) is 1.07. The maximum atomic E-state index is 14.5. The molecule has 8 nitrogen and oxygen atoms in total. The van der Waals surface area contributed by atoms with Crippen molar-refractivity contribution in [2.75, 3.05) is 50.7 Å². The zero-order chi connectivity index (χ0) is 25.4. The summed E-state index contributed by atoms with van der Waals surface area (Å²) in [6.07, 6.45) is 8.58. The molecule has 0 unspecified atom stereocenters. The minimum atomic E-state index is -0.613. The molecule has 0 radical (unpaired) electrons. The second kappa shape index (κ2) is 12.6. The van der Waals surface area contributed by atoms with E-state index in [1.807, 2.05) is 6.07 Å². The number of pyridine rings is 2. The van der Waals surface area contributed by atoms with Gasteiger partial charge in [-0.2, -0.15) is 9.65 Å². The summed E-state index contributed by atoms with van der Waals surface area (Å²) in [5.74, 6) is 0.118. The van der Waals surface area contributed by atoms with Gasteiger partial charge in [-0.15, -0.1) is 0 Å². The lowest BCUT2D eigenvalue weighted by Gasteiger charge is -2.31. The van der Waals surface area contributed by atoms with Gasteiger partial charge in [0.2, 0.25) is 5.95 Å². The number of rotatable bonds is 10. The summed E-state index contributed by atoms with van der Waals surface area (Å²) in [4.78, 5) is 8.40. The van der Waals surface area contributed by atoms with Crippen molar-refractivity contribution in [3.05, 3.63) is 35.5 Å². The Balaban J connectivity index is 1.41. The first-order valence-corrected chi connectivity index (χ1v) is 12.9. The van der Waals surface area contributed by atoms with Crippen LogP contribution < -0.4 is 16.0 Å². The molecule has 0 spiro atoms. The highest BCUT2D eigenvalue weighted by Gasteiger charge is 2.33. The van der Waals surface area contributed by atoms with Gasteiger partial charge in [0.05, 0.1) is 28.8 Å². The van der Waals surface area contributed by atoms with E-state index in [2.05, 4.69) is 32.0 Å². The van der Waals surface area contributed by atoms with Crippen LogP contribution >= 0.6 is 11.6 Å². The van der Waals surface area contributed by atoms with Gasteiger partial charge < -0.3 is 25.4 Å². The minimum Gasteiger partial charge on any atom is -0.383 e. The number of aromatic nitrogens is 2. The Kier molecular flexibility index (Phi) is 9.32. The van der Waals surface area contributed by atoms with Gasteiger partial charge in [0.15, 0.2) is 0 Å². The van der Waals surface area contributed by atoms with Crippen molar-refractivity contribution >= 4 is 23.1 Å². The van der Waals surface area contributed by atoms with E-state index in [0.717, 1.165) is 50.2 Å². The molecular weight excluding hydrogens is 483 g/mol. The maximum absolute atomic E-state index is 14.5. The van der Waals surface area contributed by atoms with Gasteiger partial charge in [-0.3, -0.25) is 0 Å². The standard InChI is InChI=1S/C26H34ClFN6O2/c1-35-11-8-30-19-2-4-20(5-3-19)34-24-13-21(22(27)15-31-24)18-12-23(25(28)32-14-18)33-17-26(16-29)6-9-36-10-7-26/h12-15,19-20,30,33H,2-11,17H2,1H3,(H,31,34). The van der Waals surface area contributed by atoms with Crippen LogP contribution in [0, 0.1) is 22.7 Å². The molecule has 2 aromatic heterocycles. The van der Waals surface area contributed by atoms with Crippen molar-refractivity contribution in [2.45, 2.75) is 50.6 Å². The minimum absolute atomic E-state index is 0.246. The Hall–Kier alpha value is -2.51. The van der Waals surface area contributed by atoms with Crippen LogP contribution in [-0.4, -0.2) is 62.1 Å². The number of hydrogen-bond acceptors (Lipinski definition) is 8. The van der Waals surface area contributed by atoms with Crippen LogP contribution in [0.25, 0.3) is 11.1 Å². The van der Waals surface area contributed by atoms with Gasteiger partial charge in [-0.25, -0.2) is 9.97 Å². The molecule has 36 heavy (non-hydrogen) atoms. The first kappa shape index (κ1) is 26.6. The van der Waals surface area contributed by atoms with Crippen LogP contribution in [0.5, 0.6) is 0 Å². The van der Waals surface area contributed by atoms with E-state index < -0.39 is 11.4 Å². The fraction of sp³-hybridized carbons (Fsp3) is 0.577. The Morgan fingerprint density at radius 3 is 2.64 bits per heavy atom. The monoisotopic (exact) mass is 516 g/mol. The number of nitrogens with one attached hydrogen (secondary N) is 3. The van der Waals surface area contributed by atoms with Crippen LogP contribution in [0.2, 0.25) is 5.02 Å². The van der Waals surface area contributed by atoms with Gasteiger partial charge >= 0.3 is 0 Å². The first-order chi connectivity index (χ1) is 17.5. The van der Waals surface area contributed by atoms with E-state index in [1.165, 1.54) is 6.20 Å². The second-order valence-electron chi connectivity index (χ2n) is 9.61. The van der Waals surface area contributed by atoms with E-state index in [1.54, 1.807) is 19.4 Å². The number of hydrogen-bond donors (Lipinski definition) is 3. The number of ether oxygens (including phenoxy) is 2. The molecule has 3 N–H and O–H groups in total. The molecule has 2 aliphatic rings. The Labute approximate surface area is 216 Å². The summed E-state index contributed by atoms with van der Waals surface area (Å²) in [5, 5.41) is 20.3. The molecule has 0 bridgehead atoms. The third kappa shape index (κ3) is 6.83. The molecule has 3 heterocycles. The van der Waals surface area contributed by atoms with E-state index in [0.29, 0.717) is 55.3 Å². The zero-order valence-electron chi connectivity index (χ0n) is 20.7. The summed E-state index contributed by atoms with van der Waals surface area (Å²) in [7, 11) is 1.71. The van der Waals surface area contributed by atoms with Gasteiger partial charge in [0.1, 0.15) is 5.82 Å². The van der Waals surface area contributed by atoms with Crippen LogP contribution in [0.4, 0.5) is 15.9 Å². The molecule has 1 saturated heterocycles. The average Bonchev–Trinajstić information content (AvgIpc) is 2.91. The van der Waals surface area contributed by atoms with Crippen molar-refractivity contribution in [3.8, 4) is 17.2 Å². The average molecular weight is 517 g/mol. The van der Waals surface area contributed by atoms with Crippen LogP contribution in [0.1, 0.15) is 38.5 Å². The van der Waals surface area contributed by atoms with E-state index >= 15 is 0 Å². The summed E-state index contributed by atoms with van der Waals surface area (Å²) < 4.78 is 25.0. The lowest BCUT2D eigenvalue weighted by Crippen LogP contribution is -2.38. The van der Waals surface area contributed by atoms with Gasteiger partial charge in [0, 0.05) is 69.0 Å². The maximum Gasteiger partial charge on any atom is 0.236 e. The Bertz CT molecular complexity index is 1050. The van der Waals surface area contributed by atoms with Crippen LogP contribution in [-0.2, 0) is 9.47 Å². The summed E-state index contributed by atoms with van der Waals surface area (Å²) in [6, 6.07) is 6.82. The molecule has 1 aliphatic carbocycles. The Morgan fingerprint density at radius 2 is 1.92 bits per heavy atom. The molecule has 2 aromatic rings. The Morgan fingerprint density at radius 1 is 1.17 bits per heavy atom. The predicted molar refractivity (Wildman–Crippen MR) is 139 cm³/mol. The molecule has 1 saturated carbocycles. The van der Waals surface area contributed by atoms with Crippen molar-refractivity contribution < 1.29 is 13.9 Å². The number of nitriles is 1. The van der Waals surface area contributed by atoms with Crippen LogP contribution in [0.15, 0.2) is 24.5 Å². The highest BCUT2D eigenvalue weighted by molar-refractivity contribution is 6.33. The fourth-order valence-corrected chi connectivity index (χ4v) is 5.04. The number of methoxy groups -OCH3 is 1. The highest BCUT2D eigenvalue weighted by Crippen LogP contribution is 2.34. The molecule has 0 amide bonds. The normalized spacial score (nSPS) is 21.5. The topological polar surface area (TPSA) is 104 Å². The van der Waals surface area contributed by atoms with Crippen molar-refractivity contribution in [1.82, 2.24) is 15.3 Å². The largest absolute Gasteiger partial charge is 0.383 e. The lowest BCUT2D eigenvalue weighted by molar-refractivity contribution is 0.0456. The SMILES string of the molecule is COCCNC1CCC(Nc2cc(-c3cnc(F)c(NCC4(C#N)CCOCC4)c3)c(Cl)cn2)CC1. The van der Waals surface area contributed by atoms with E-state index in [9.17, 15) is 9.65 Å². The molecular formula is C26H34ClFN6O2.